The number of carboxylic acids is 1. The maximum Gasteiger partial charge on any atom is 0.372 e. The first-order valence-electron chi connectivity index (χ1n) is 5.72. The van der Waals surface area contributed by atoms with E-state index < -0.39 is 5.97 Å². The average Bonchev–Trinajstić information content (AvgIpc) is 2.96. The van der Waals surface area contributed by atoms with Crippen LogP contribution in [0, 0.1) is 0 Å². The van der Waals surface area contributed by atoms with Crippen LogP contribution in [0.4, 0.5) is 0 Å². The third-order valence-corrected chi connectivity index (χ3v) is 3.57. The molecule has 5 heteroatoms. The summed E-state index contributed by atoms with van der Waals surface area (Å²) in [5.41, 5.74) is 0.681. The van der Waals surface area contributed by atoms with Gasteiger partial charge in [-0.2, -0.15) is 0 Å². The number of hydrogen-bond acceptors (Lipinski definition) is 4. The number of carboxylic acid groups (broad SMARTS) is 1. The Bertz CT molecular complexity index is 504. The van der Waals surface area contributed by atoms with Gasteiger partial charge in [0.05, 0.1) is 6.26 Å². The van der Waals surface area contributed by atoms with Crippen LogP contribution in [0.25, 0.3) is 0 Å². The minimum absolute atomic E-state index is 0.0193. The van der Waals surface area contributed by atoms with Gasteiger partial charge in [0.2, 0.25) is 5.76 Å². The highest BCUT2D eigenvalue weighted by Crippen LogP contribution is 2.13. The molecule has 0 bridgehead atoms. The van der Waals surface area contributed by atoms with Crippen LogP contribution in [0.15, 0.2) is 34.3 Å². The number of thiophene rings is 1. The molecule has 0 fully saturated rings. The van der Waals surface area contributed by atoms with Crippen LogP contribution in [0.2, 0.25) is 0 Å². The first kappa shape index (κ1) is 12.9. The van der Waals surface area contributed by atoms with Crippen LogP contribution < -0.4 is 5.32 Å². The molecule has 96 valence electrons. The summed E-state index contributed by atoms with van der Waals surface area (Å²) < 4.78 is 4.93. The van der Waals surface area contributed by atoms with Crippen molar-refractivity contribution < 1.29 is 14.3 Å². The Kier molecular flexibility index (Phi) is 4.17. The predicted octanol–water partition coefficient (Wildman–Crippen LogP) is 2.76. The van der Waals surface area contributed by atoms with Gasteiger partial charge in [0, 0.05) is 23.0 Å². The summed E-state index contributed by atoms with van der Waals surface area (Å²) in [7, 11) is 0. The van der Waals surface area contributed by atoms with E-state index >= 15 is 0 Å². The minimum atomic E-state index is -1.03. The summed E-state index contributed by atoms with van der Waals surface area (Å²) in [5, 5.41) is 14.3. The van der Waals surface area contributed by atoms with Gasteiger partial charge in [-0.15, -0.1) is 11.3 Å². The second-order valence-electron chi connectivity index (χ2n) is 4.15. The van der Waals surface area contributed by atoms with Gasteiger partial charge in [-0.3, -0.25) is 0 Å². The molecule has 2 aromatic rings. The van der Waals surface area contributed by atoms with Gasteiger partial charge >= 0.3 is 5.97 Å². The smallest absolute Gasteiger partial charge is 0.372 e. The zero-order chi connectivity index (χ0) is 13.0. The van der Waals surface area contributed by atoms with Crippen molar-refractivity contribution in [3.05, 3.63) is 46.0 Å². The molecule has 0 aromatic carbocycles. The first-order chi connectivity index (χ1) is 8.66. The number of carbonyl (C=O) groups is 1. The molecule has 0 amide bonds. The standard InChI is InChI=1S/C13H15NO3S/c1-9(7-11-3-2-6-18-11)14-8-10-4-5-17-12(10)13(15)16/h2-6,9,14H,7-8H2,1H3,(H,15,16). The number of hydrogen-bond donors (Lipinski definition) is 2. The van der Waals surface area contributed by atoms with Crippen molar-refractivity contribution in [2.24, 2.45) is 0 Å². The lowest BCUT2D eigenvalue weighted by Crippen LogP contribution is -2.27. The quantitative estimate of drug-likeness (QED) is 0.843. The molecule has 0 spiro atoms. The van der Waals surface area contributed by atoms with Crippen LogP contribution in [0.5, 0.6) is 0 Å². The summed E-state index contributed by atoms with van der Waals surface area (Å²) in [6.45, 7) is 2.59. The fourth-order valence-electron chi connectivity index (χ4n) is 1.75. The van der Waals surface area contributed by atoms with Gasteiger partial charge in [0.1, 0.15) is 0 Å². The van der Waals surface area contributed by atoms with E-state index in [0.717, 1.165) is 6.42 Å². The Hall–Kier alpha value is -1.59. The second kappa shape index (κ2) is 5.84. The minimum Gasteiger partial charge on any atom is -0.475 e. The summed E-state index contributed by atoms with van der Waals surface area (Å²) >= 11 is 1.73. The fraction of sp³-hybridized carbons (Fsp3) is 0.308. The van der Waals surface area contributed by atoms with Crippen LogP contribution in [-0.4, -0.2) is 17.1 Å². The summed E-state index contributed by atoms with van der Waals surface area (Å²) in [4.78, 5) is 12.2. The first-order valence-corrected chi connectivity index (χ1v) is 6.60. The van der Waals surface area contributed by atoms with Gasteiger partial charge in [-0.05, 0) is 30.9 Å². The molecule has 2 rings (SSSR count). The van der Waals surface area contributed by atoms with Crippen LogP contribution in [-0.2, 0) is 13.0 Å². The molecule has 18 heavy (non-hydrogen) atoms. The van der Waals surface area contributed by atoms with Crippen molar-refractivity contribution in [1.29, 1.82) is 0 Å². The van der Waals surface area contributed by atoms with Crippen molar-refractivity contribution >= 4 is 17.3 Å². The highest BCUT2D eigenvalue weighted by molar-refractivity contribution is 7.09. The van der Waals surface area contributed by atoms with Crippen molar-refractivity contribution in [2.75, 3.05) is 0 Å². The van der Waals surface area contributed by atoms with Gasteiger partial charge in [0.15, 0.2) is 0 Å². The molecule has 2 aromatic heterocycles. The largest absolute Gasteiger partial charge is 0.475 e. The summed E-state index contributed by atoms with van der Waals surface area (Å²) in [5.74, 6) is -1.01. The molecular formula is C13H15NO3S. The number of aromatic carboxylic acids is 1. The van der Waals surface area contributed by atoms with Gasteiger partial charge in [-0.1, -0.05) is 6.07 Å². The van der Waals surface area contributed by atoms with E-state index in [2.05, 4.69) is 23.7 Å². The monoisotopic (exact) mass is 265 g/mol. The third-order valence-electron chi connectivity index (χ3n) is 2.67. The Labute approximate surface area is 109 Å². The van der Waals surface area contributed by atoms with E-state index in [9.17, 15) is 4.79 Å². The predicted molar refractivity (Wildman–Crippen MR) is 70.0 cm³/mol. The Morgan fingerprint density at radius 1 is 1.56 bits per heavy atom. The Morgan fingerprint density at radius 3 is 3.06 bits per heavy atom. The van der Waals surface area contributed by atoms with Crippen molar-refractivity contribution in [2.45, 2.75) is 25.9 Å². The molecule has 0 aliphatic heterocycles. The lowest BCUT2D eigenvalue weighted by atomic mass is 10.2. The van der Waals surface area contributed by atoms with Crippen molar-refractivity contribution in [1.82, 2.24) is 5.32 Å². The molecule has 4 nitrogen and oxygen atoms in total. The van der Waals surface area contributed by atoms with E-state index in [0.29, 0.717) is 18.2 Å². The van der Waals surface area contributed by atoms with Gasteiger partial charge in [-0.25, -0.2) is 4.79 Å². The fourth-order valence-corrected chi connectivity index (χ4v) is 2.58. The van der Waals surface area contributed by atoms with E-state index in [1.54, 1.807) is 17.4 Å². The van der Waals surface area contributed by atoms with Gasteiger partial charge in [0.25, 0.3) is 0 Å². The molecule has 1 atom stereocenters. The Balaban J connectivity index is 1.87. The summed E-state index contributed by atoms with van der Waals surface area (Å²) in [6, 6.07) is 6.11. The molecule has 0 radical (unpaired) electrons. The van der Waals surface area contributed by atoms with Crippen molar-refractivity contribution in [3.63, 3.8) is 0 Å². The number of rotatable bonds is 6. The van der Waals surface area contributed by atoms with E-state index in [1.807, 2.05) is 6.07 Å². The van der Waals surface area contributed by atoms with Crippen LogP contribution in [0.1, 0.15) is 27.9 Å². The average molecular weight is 265 g/mol. The molecule has 0 aliphatic rings. The SMILES string of the molecule is CC(Cc1cccs1)NCc1ccoc1C(=O)O. The van der Waals surface area contributed by atoms with E-state index in [4.69, 9.17) is 9.52 Å². The molecule has 0 saturated carbocycles. The highest BCUT2D eigenvalue weighted by atomic mass is 32.1. The van der Waals surface area contributed by atoms with E-state index in [-0.39, 0.29) is 5.76 Å². The number of nitrogens with one attached hydrogen (secondary N) is 1. The molecule has 2 N–H and O–H groups in total. The summed E-state index contributed by atoms with van der Waals surface area (Å²) in [6.07, 6.45) is 2.35. The van der Waals surface area contributed by atoms with E-state index in [1.165, 1.54) is 11.1 Å². The normalized spacial score (nSPS) is 12.5. The molecular weight excluding hydrogens is 250 g/mol. The maximum absolute atomic E-state index is 10.9. The topological polar surface area (TPSA) is 62.5 Å². The molecule has 0 aliphatic carbocycles. The highest BCUT2D eigenvalue weighted by Gasteiger charge is 2.14. The third kappa shape index (κ3) is 3.21. The van der Waals surface area contributed by atoms with Crippen molar-refractivity contribution in [3.8, 4) is 0 Å². The molecule has 0 saturated heterocycles. The lowest BCUT2D eigenvalue weighted by molar-refractivity contribution is 0.0660. The van der Waals surface area contributed by atoms with Crippen LogP contribution in [0.3, 0.4) is 0 Å². The zero-order valence-corrected chi connectivity index (χ0v) is 10.9. The van der Waals surface area contributed by atoms with Crippen LogP contribution >= 0.6 is 11.3 Å². The molecule has 2 heterocycles. The molecule has 1 unspecified atom stereocenters. The van der Waals surface area contributed by atoms with Gasteiger partial charge < -0.3 is 14.8 Å². The lowest BCUT2D eigenvalue weighted by Gasteiger charge is -2.12. The Morgan fingerprint density at radius 2 is 2.39 bits per heavy atom. The maximum atomic E-state index is 10.9. The number of furan rings is 1. The zero-order valence-electron chi connectivity index (χ0n) is 10.1. The second-order valence-corrected chi connectivity index (χ2v) is 5.18.